The van der Waals surface area contributed by atoms with E-state index < -0.39 is 5.97 Å². The molecule has 1 saturated carbocycles. The van der Waals surface area contributed by atoms with Gasteiger partial charge in [-0.2, -0.15) is 0 Å². The molecule has 0 spiro atoms. The van der Waals surface area contributed by atoms with Gasteiger partial charge in [0.1, 0.15) is 0 Å². The Labute approximate surface area is 118 Å². The summed E-state index contributed by atoms with van der Waals surface area (Å²) in [6, 6.07) is 5.66. The largest absolute Gasteiger partial charge is 0.478 e. The molecule has 1 heterocycles. The quantitative estimate of drug-likeness (QED) is 0.862. The summed E-state index contributed by atoms with van der Waals surface area (Å²) in [5, 5.41) is 10.4. The second-order valence-electron chi connectivity index (χ2n) is 5.43. The number of fused-ring (bicyclic) bond motifs is 6. The van der Waals surface area contributed by atoms with Gasteiger partial charge in [-0.25, -0.2) is 4.79 Å². The second-order valence-corrected chi connectivity index (χ2v) is 6.29. The second kappa shape index (κ2) is 3.79. The van der Waals surface area contributed by atoms with Gasteiger partial charge in [0, 0.05) is 21.5 Å². The molecule has 0 saturated heterocycles. The number of pyridine rings is 1. The molecule has 2 aromatic rings. The molecule has 2 aliphatic rings. The van der Waals surface area contributed by atoms with Crippen molar-refractivity contribution in [2.24, 2.45) is 0 Å². The van der Waals surface area contributed by atoms with Crippen molar-refractivity contribution in [3.05, 3.63) is 39.5 Å². The molecule has 19 heavy (non-hydrogen) atoms. The Morgan fingerprint density at radius 3 is 2.89 bits per heavy atom. The first kappa shape index (κ1) is 11.4. The van der Waals surface area contributed by atoms with Crippen LogP contribution in [0, 0.1) is 0 Å². The number of hydrogen-bond acceptors (Lipinski definition) is 2. The number of halogens is 1. The summed E-state index contributed by atoms with van der Waals surface area (Å²) in [6.45, 7) is 0. The Kier molecular flexibility index (Phi) is 2.28. The number of aromatic carboxylic acids is 1. The first-order valence-electron chi connectivity index (χ1n) is 6.52. The minimum atomic E-state index is -0.825. The Bertz CT molecular complexity index is 726. The number of carboxylic acid groups (broad SMARTS) is 1. The van der Waals surface area contributed by atoms with Gasteiger partial charge in [-0.1, -0.05) is 12.1 Å². The highest BCUT2D eigenvalue weighted by Crippen LogP contribution is 2.54. The van der Waals surface area contributed by atoms with Crippen LogP contribution in [0.5, 0.6) is 0 Å². The number of carbonyl (C=O) groups is 1. The van der Waals surface area contributed by atoms with Crippen LogP contribution >= 0.6 is 15.9 Å². The smallest absolute Gasteiger partial charge is 0.336 e. The highest BCUT2D eigenvalue weighted by molar-refractivity contribution is 9.10. The van der Waals surface area contributed by atoms with E-state index in [0.717, 1.165) is 45.9 Å². The summed E-state index contributed by atoms with van der Waals surface area (Å²) in [6.07, 6.45) is 3.34. The van der Waals surface area contributed by atoms with Gasteiger partial charge in [0.05, 0.1) is 11.1 Å². The molecule has 0 aliphatic heterocycles. The van der Waals surface area contributed by atoms with Gasteiger partial charge in [0.25, 0.3) is 0 Å². The molecule has 1 aromatic heterocycles. The third-order valence-electron chi connectivity index (χ3n) is 4.48. The third kappa shape index (κ3) is 1.43. The van der Waals surface area contributed by atoms with Gasteiger partial charge in [-0.3, -0.25) is 4.98 Å². The van der Waals surface area contributed by atoms with E-state index in [4.69, 9.17) is 4.98 Å². The monoisotopic (exact) mass is 317 g/mol. The molecule has 3 nitrogen and oxygen atoms in total. The van der Waals surface area contributed by atoms with Crippen LogP contribution in [0.4, 0.5) is 0 Å². The fraction of sp³-hybridized carbons (Fsp3) is 0.333. The fourth-order valence-corrected chi connectivity index (χ4v) is 4.19. The maximum absolute atomic E-state index is 11.7. The molecule has 2 atom stereocenters. The molecule has 0 radical (unpaired) electrons. The van der Waals surface area contributed by atoms with E-state index in [1.807, 2.05) is 18.2 Å². The molecule has 0 amide bonds. The molecule has 96 valence electrons. The van der Waals surface area contributed by atoms with Gasteiger partial charge >= 0.3 is 5.97 Å². The van der Waals surface area contributed by atoms with Gasteiger partial charge in [0.15, 0.2) is 0 Å². The summed E-state index contributed by atoms with van der Waals surface area (Å²) in [7, 11) is 0. The van der Waals surface area contributed by atoms with Crippen LogP contribution in [0.25, 0.3) is 10.9 Å². The van der Waals surface area contributed by atoms with E-state index in [0.29, 0.717) is 17.4 Å². The number of aromatic nitrogens is 1. The lowest BCUT2D eigenvalue weighted by atomic mass is 9.89. The lowest BCUT2D eigenvalue weighted by Crippen LogP contribution is -2.11. The van der Waals surface area contributed by atoms with Crippen molar-refractivity contribution in [1.29, 1.82) is 0 Å². The SMILES string of the molecule is O=C(O)c1c2c(nc3c(Br)cccc13)C1CCC2C1. The van der Waals surface area contributed by atoms with Crippen LogP contribution in [-0.4, -0.2) is 16.1 Å². The maximum Gasteiger partial charge on any atom is 0.336 e. The number of rotatable bonds is 1. The Morgan fingerprint density at radius 2 is 2.11 bits per heavy atom. The number of para-hydroxylation sites is 1. The van der Waals surface area contributed by atoms with Gasteiger partial charge in [0.2, 0.25) is 0 Å². The molecule has 1 N–H and O–H groups in total. The van der Waals surface area contributed by atoms with Gasteiger partial charge in [-0.15, -0.1) is 0 Å². The molecular formula is C15H12BrNO2. The van der Waals surface area contributed by atoms with Crippen LogP contribution in [0.3, 0.4) is 0 Å². The van der Waals surface area contributed by atoms with E-state index in [1.165, 1.54) is 0 Å². The van der Waals surface area contributed by atoms with Crippen molar-refractivity contribution in [1.82, 2.24) is 4.98 Å². The number of hydrogen-bond donors (Lipinski definition) is 1. The highest BCUT2D eigenvalue weighted by Gasteiger charge is 2.41. The average Bonchev–Trinajstić information content (AvgIpc) is 2.98. The van der Waals surface area contributed by atoms with Crippen molar-refractivity contribution >= 4 is 32.8 Å². The lowest BCUT2D eigenvalue weighted by molar-refractivity contribution is 0.0697. The van der Waals surface area contributed by atoms with E-state index in [-0.39, 0.29) is 0 Å². The number of nitrogens with zero attached hydrogens (tertiary/aromatic N) is 1. The zero-order valence-electron chi connectivity index (χ0n) is 10.2. The van der Waals surface area contributed by atoms with E-state index in [1.54, 1.807) is 0 Å². The molecular weight excluding hydrogens is 306 g/mol. The molecule has 2 aliphatic carbocycles. The molecule has 4 heteroatoms. The predicted molar refractivity (Wildman–Crippen MR) is 75.7 cm³/mol. The number of benzene rings is 1. The molecule has 4 rings (SSSR count). The Hall–Kier alpha value is -1.42. The van der Waals surface area contributed by atoms with Crippen molar-refractivity contribution in [2.45, 2.75) is 31.1 Å². The van der Waals surface area contributed by atoms with Crippen LogP contribution in [0.15, 0.2) is 22.7 Å². The Balaban J connectivity index is 2.17. The zero-order chi connectivity index (χ0) is 13.1. The Morgan fingerprint density at radius 1 is 1.32 bits per heavy atom. The van der Waals surface area contributed by atoms with Crippen LogP contribution in [-0.2, 0) is 0 Å². The van der Waals surface area contributed by atoms with Crippen molar-refractivity contribution < 1.29 is 9.90 Å². The minimum absolute atomic E-state index is 0.405. The lowest BCUT2D eigenvalue weighted by Gasteiger charge is -2.18. The number of carboxylic acids is 1. The van der Waals surface area contributed by atoms with E-state index in [2.05, 4.69) is 15.9 Å². The third-order valence-corrected chi connectivity index (χ3v) is 5.12. The summed E-state index contributed by atoms with van der Waals surface area (Å²) in [5.41, 5.74) is 3.31. The van der Waals surface area contributed by atoms with Crippen molar-refractivity contribution in [2.75, 3.05) is 0 Å². The van der Waals surface area contributed by atoms with Crippen LogP contribution in [0.2, 0.25) is 0 Å². The summed E-state index contributed by atoms with van der Waals surface area (Å²) < 4.78 is 0.873. The first-order chi connectivity index (χ1) is 9.16. The zero-order valence-corrected chi connectivity index (χ0v) is 11.8. The molecule has 1 aromatic carbocycles. The van der Waals surface area contributed by atoms with Gasteiger partial charge in [-0.05, 0) is 52.7 Å². The molecule has 1 fully saturated rings. The normalized spacial score (nSPS) is 23.8. The van der Waals surface area contributed by atoms with Crippen LogP contribution in [0.1, 0.15) is 52.7 Å². The summed E-state index contributed by atoms with van der Waals surface area (Å²) in [5.74, 6) is 0.0471. The highest BCUT2D eigenvalue weighted by atomic mass is 79.9. The van der Waals surface area contributed by atoms with Crippen LogP contribution < -0.4 is 0 Å². The fourth-order valence-electron chi connectivity index (χ4n) is 3.73. The summed E-state index contributed by atoms with van der Waals surface area (Å²) >= 11 is 3.49. The average molecular weight is 318 g/mol. The van der Waals surface area contributed by atoms with Crippen molar-refractivity contribution in [3.8, 4) is 0 Å². The maximum atomic E-state index is 11.7. The first-order valence-corrected chi connectivity index (χ1v) is 7.31. The molecule has 2 bridgehead atoms. The van der Waals surface area contributed by atoms with E-state index in [9.17, 15) is 9.90 Å². The van der Waals surface area contributed by atoms with Crippen molar-refractivity contribution in [3.63, 3.8) is 0 Å². The standard InChI is InChI=1S/C15H12BrNO2/c16-10-3-1-2-9-12(15(18)19)11-7-4-5-8(6-7)13(11)17-14(9)10/h1-3,7-8H,4-6H2,(H,18,19). The predicted octanol–water partition coefficient (Wildman–Crippen LogP) is 4.06. The summed E-state index contributed by atoms with van der Waals surface area (Å²) in [4.78, 5) is 16.5. The van der Waals surface area contributed by atoms with Gasteiger partial charge < -0.3 is 5.11 Å². The topological polar surface area (TPSA) is 50.2 Å². The molecule has 2 unspecified atom stereocenters. The minimum Gasteiger partial charge on any atom is -0.478 e. The van der Waals surface area contributed by atoms with E-state index >= 15 is 0 Å².